The Morgan fingerprint density at radius 2 is 1.18 bits per heavy atom. The molecule has 45 heavy (non-hydrogen) atoms. The fourth-order valence-electron chi connectivity index (χ4n) is 5.73. The van der Waals surface area contributed by atoms with Gasteiger partial charge in [-0.3, -0.25) is 9.59 Å². The van der Waals surface area contributed by atoms with E-state index in [-0.39, 0.29) is 12.8 Å². The van der Waals surface area contributed by atoms with Gasteiger partial charge in [-0.2, -0.15) is 0 Å². The molecule has 13 nitrogen and oxygen atoms in total. The number of aliphatic carboxylic acids is 1. The van der Waals surface area contributed by atoms with Gasteiger partial charge in [0.2, 0.25) is 0 Å². The maximum atomic E-state index is 13.1. The van der Waals surface area contributed by atoms with Crippen LogP contribution in [0.3, 0.4) is 0 Å². The van der Waals surface area contributed by atoms with E-state index in [1.54, 1.807) is 6.92 Å². The Balaban J connectivity index is 2.10. The smallest absolute Gasteiger partial charge is 0.308 e. The first kappa shape index (κ1) is 39.8. The van der Waals surface area contributed by atoms with Gasteiger partial charge in [-0.1, -0.05) is 71.6 Å². The molecule has 2 heterocycles. The summed E-state index contributed by atoms with van der Waals surface area (Å²) in [5.74, 6) is -1.66. The maximum absolute atomic E-state index is 13.1. The zero-order valence-corrected chi connectivity index (χ0v) is 27.4. The predicted octanol–water partition coefficient (Wildman–Crippen LogP) is 2.55. The quantitative estimate of drug-likeness (QED) is 0.0782. The zero-order chi connectivity index (χ0) is 33.5. The number of aliphatic hydroxyl groups is 5. The third-order valence-corrected chi connectivity index (χ3v) is 8.56. The van der Waals surface area contributed by atoms with Crippen LogP contribution in [0.2, 0.25) is 0 Å². The average molecular weight is 651 g/mol. The highest BCUT2D eigenvalue weighted by molar-refractivity contribution is 5.72. The van der Waals surface area contributed by atoms with Gasteiger partial charge in [-0.05, 0) is 33.1 Å². The van der Waals surface area contributed by atoms with Crippen LogP contribution in [-0.2, 0) is 33.3 Å². The molecule has 2 aliphatic heterocycles. The Morgan fingerprint density at radius 3 is 1.76 bits per heavy atom. The van der Waals surface area contributed by atoms with Crippen LogP contribution in [0.5, 0.6) is 0 Å². The fraction of sp³-hybridized carbons (Fsp3) is 0.938. The molecule has 4 unspecified atom stereocenters. The number of esters is 1. The first-order valence-corrected chi connectivity index (χ1v) is 16.8. The van der Waals surface area contributed by atoms with Crippen molar-refractivity contribution in [3.63, 3.8) is 0 Å². The van der Waals surface area contributed by atoms with E-state index in [0.717, 1.165) is 64.2 Å². The number of carbonyl (C=O) groups is 2. The van der Waals surface area contributed by atoms with Crippen molar-refractivity contribution in [2.75, 3.05) is 0 Å². The van der Waals surface area contributed by atoms with Gasteiger partial charge in [0.15, 0.2) is 12.6 Å². The molecule has 264 valence electrons. The minimum atomic E-state index is -1.65. The topological polar surface area (TPSA) is 202 Å². The SMILES string of the molecule is CCCCCCCC(CC(=O)O)OC(=O)CC(CCCCCCC)OC1O[C@@H](C)[C@H](O)[C@@H](OC2O[C@@H](C)[C@H](O)[C@@H](O)[C@H]2O)[C@H]1O. The van der Waals surface area contributed by atoms with E-state index in [1.807, 2.05) is 0 Å². The van der Waals surface area contributed by atoms with Crippen molar-refractivity contribution in [1.82, 2.24) is 0 Å². The third kappa shape index (κ3) is 13.3. The molecule has 0 amide bonds. The van der Waals surface area contributed by atoms with Crippen LogP contribution in [0.25, 0.3) is 0 Å². The summed E-state index contributed by atoms with van der Waals surface area (Å²) in [6, 6.07) is 0. The molecule has 2 rings (SSSR count). The summed E-state index contributed by atoms with van der Waals surface area (Å²) < 4.78 is 28.7. The lowest BCUT2D eigenvalue weighted by Gasteiger charge is -2.46. The van der Waals surface area contributed by atoms with Crippen molar-refractivity contribution >= 4 is 11.9 Å². The van der Waals surface area contributed by atoms with E-state index in [2.05, 4.69) is 13.8 Å². The van der Waals surface area contributed by atoms with E-state index < -0.39 is 85.6 Å². The average Bonchev–Trinajstić information content (AvgIpc) is 2.98. The summed E-state index contributed by atoms with van der Waals surface area (Å²) >= 11 is 0. The minimum Gasteiger partial charge on any atom is -0.481 e. The largest absolute Gasteiger partial charge is 0.481 e. The molecule has 6 N–H and O–H groups in total. The normalized spacial score (nSPS) is 33.4. The molecule has 2 aliphatic rings. The number of carboxylic acids is 1. The molecule has 2 fully saturated rings. The van der Waals surface area contributed by atoms with Crippen molar-refractivity contribution in [3.8, 4) is 0 Å². The predicted molar refractivity (Wildman–Crippen MR) is 162 cm³/mol. The molecule has 13 heteroatoms. The van der Waals surface area contributed by atoms with E-state index in [9.17, 15) is 40.2 Å². The Morgan fingerprint density at radius 1 is 0.644 bits per heavy atom. The minimum absolute atomic E-state index is 0.194. The molecular weight excluding hydrogens is 592 g/mol. The van der Waals surface area contributed by atoms with Crippen molar-refractivity contribution in [2.45, 2.75) is 191 Å². The first-order valence-electron chi connectivity index (χ1n) is 16.8. The monoisotopic (exact) mass is 650 g/mol. The van der Waals surface area contributed by atoms with Crippen molar-refractivity contribution < 1.29 is 63.9 Å². The number of hydrogen-bond donors (Lipinski definition) is 6. The number of carbonyl (C=O) groups excluding carboxylic acids is 1. The number of ether oxygens (including phenoxy) is 5. The molecule has 0 aromatic heterocycles. The lowest BCUT2D eigenvalue weighted by molar-refractivity contribution is -0.358. The Labute approximate surface area is 267 Å². The first-order chi connectivity index (χ1) is 21.4. The summed E-state index contributed by atoms with van der Waals surface area (Å²) in [4.78, 5) is 24.5. The summed E-state index contributed by atoms with van der Waals surface area (Å²) in [6.45, 7) is 7.25. The van der Waals surface area contributed by atoms with Gasteiger partial charge in [-0.15, -0.1) is 0 Å². The van der Waals surface area contributed by atoms with Crippen LogP contribution in [-0.4, -0.2) is 116 Å². The number of unbranched alkanes of at least 4 members (excludes halogenated alkanes) is 8. The van der Waals surface area contributed by atoms with Gasteiger partial charge in [-0.25, -0.2) is 0 Å². The van der Waals surface area contributed by atoms with Gasteiger partial charge < -0.3 is 54.3 Å². The maximum Gasteiger partial charge on any atom is 0.308 e. The second-order valence-corrected chi connectivity index (χ2v) is 12.6. The fourth-order valence-corrected chi connectivity index (χ4v) is 5.73. The number of carboxylic acid groups (broad SMARTS) is 1. The van der Waals surface area contributed by atoms with Crippen LogP contribution in [0.4, 0.5) is 0 Å². The zero-order valence-electron chi connectivity index (χ0n) is 27.4. The van der Waals surface area contributed by atoms with E-state index >= 15 is 0 Å². The van der Waals surface area contributed by atoms with Gasteiger partial charge in [0.25, 0.3) is 0 Å². The lowest BCUT2D eigenvalue weighted by atomic mass is 9.97. The summed E-state index contributed by atoms with van der Waals surface area (Å²) in [6.07, 6.45) is -4.87. The Bertz CT molecular complexity index is 844. The highest BCUT2D eigenvalue weighted by Crippen LogP contribution is 2.31. The van der Waals surface area contributed by atoms with E-state index in [1.165, 1.54) is 6.92 Å². The van der Waals surface area contributed by atoms with Crippen LogP contribution in [0.1, 0.15) is 118 Å². The van der Waals surface area contributed by atoms with Crippen LogP contribution in [0, 0.1) is 0 Å². The van der Waals surface area contributed by atoms with Gasteiger partial charge in [0.1, 0.15) is 42.7 Å². The number of rotatable bonds is 21. The molecular formula is C32H58O13. The van der Waals surface area contributed by atoms with E-state index in [0.29, 0.717) is 12.8 Å². The van der Waals surface area contributed by atoms with Crippen molar-refractivity contribution in [1.29, 1.82) is 0 Å². The molecule has 2 saturated heterocycles. The number of aliphatic hydroxyl groups excluding tert-OH is 5. The van der Waals surface area contributed by atoms with Crippen LogP contribution < -0.4 is 0 Å². The molecule has 0 bridgehead atoms. The van der Waals surface area contributed by atoms with Crippen LogP contribution in [0.15, 0.2) is 0 Å². The van der Waals surface area contributed by atoms with Gasteiger partial charge in [0, 0.05) is 0 Å². The molecule has 0 radical (unpaired) electrons. The summed E-state index contributed by atoms with van der Waals surface area (Å²) in [5, 5.41) is 61.9. The Kier molecular flexibility index (Phi) is 18.3. The van der Waals surface area contributed by atoms with Gasteiger partial charge in [0.05, 0.1) is 31.2 Å². The molecule has 12 atom stereocenters. The second-order valence-electron chi connectivity index (χ2n) is 12.6. The molecule has 0 aromatic rings. The standard InChI is InChI=1S/C32H58O13/c1-5-7-9-11-13-15-21(17-23(33)34)43-24(35)18-22(16-14-12-10-8-6-2)44-32-29(40)30(26(37)20(4)42-32)45-31-28(39)27(38)25(36)19(3)41-31/h19-22,25-32,36-40H,5-18H2,1-4H3,(H,33,34)/t19-,20-,21?,22?,25-,26-,27+,28+,29+,30+,31?,32?/m0/s1. The van der Waals surface area contributed by atoms with Crippen molar-refractivity contribution in [2.24, 2.45) is 0 Å². The van der Waals surface area contributed by atoms with E-state index in [4.69, 9.17) is 23.7 Å². The van der Waals surface area contributed by atoms with Crippen LogP contribution >= 0.6 is 0 Å². The number of hydrogen-bond acceptors (Lipinski definition) is 12. The summed E-state index contributed by atoms with van der Waals surface area (Å²) in [7, 11) is 0. The highest BCUT2D eigenvalue weighted by atomic mass is 16.7. The molecule has 0 aromatic carbocycles. The third-order valence-electron chi connectivity index (χ3n) is 8.56. The molecule has 0 spiro atoms. The highest BCUT2D eigenvalue weighted by Gasteiger charge is 2.50. The van der Waals surface area contributed by atoms with Crippen molar-refractivity contribution in [3.05, 3.63) is 0 Å². The summed E-state index contributed by atoms with van der Waals surface area (Å²) in [5.41, 5.74) is 0. The Hall–Kier alpha value is -1.42. The lowest BCUT2D eigenvalue weighted by Crippen LogP contribution is -2.63. The molecule has 0 saturated carbocycles. The van der Waals surface area contributed by atoms with Gasteiger partial charge >= 0.3 is 11.9 Å². The second kappa shape index (κ2) is 20.7. The molecule has 0 aliphatic carbocycles.